The maximum absolute atomic E-state index is 11.6. The fourth-order valence-electron chi connectivity index (χ4n) is 0.937. The molecule has 1 aliphatic rings. The lowest BCUT2D eigenvalue weighted by Crippen LogP contribution is -1.91. The van der Waals surface area contributed by atoms with E-state index in [4.69, 9.17) is 4.52 Å². The molecule has 11 heavy (non-hydrogen) atoms. The molecular weight excluding hydrogens is 161 g/mol. The highest BCUT2D eigenvalue weighted by Crippen LogP contribution is 2.50. The number of rotatable bonds is 3. The SMILES string of the molecule is CCOP(C)(=O)C1=CCN=C1. The summed E-state index contributed by atoms with van der Waals surface area (Å²) in [5.41, 5.74) is 0. The fourth-order valence-corrected chi connectivity index (χ4v) is 2.28. The zero-order valence-corrected chi connectivity index (χ0v) is 7.67. The Morgan fingerprint density at radius 3 is 3.00 bits per heavy atom. The van der Waals surface area contributed by atoms with Gasteiger partial charge in [-0.05, 0) is 13.0 Å². The summed E-state index contributed by atoms with van der Waals surface area (Å²) in [6, 6.07) is 0. The van der Waals surface area contributed by atoms with Gasteiger partial charge in [-0.2, -0.15) is 0 Å². The minimum atomic E-state index is -2.53. The zero-order valence-electron chi connectivity index (χ0n) is 6.78. The second-order valence-electron chi connectivity index (χ2n) is 2.39. The van der Waals surface area contributed by atoms with E-state index in [1.807, 2.05) is 13.0 Å². The molecule has 1 aliphatic heterocycles. The third-order valence-corrected chi connectivity index (χ3v) is 3.46. The molecule has 0 aromatic carbocycles. The van der Waals surface area contributed by atoms with Gasteiger partial charge >= 0.3 is 0 Å². The van der Waals surface area contributed by atoms with Crippen molar-refractivity contribution < 1.29 is 9.09 Å². The molecule has 0 spiro atoms. The molecule has 1 rings (SSSR count). The van der Waals surface area contributed by atoms with Gasteiger partial charge in [-0.3, -0.25) is 9.56 Å². The van der Waals surface area contributed by atoms with Crippen LogP contribution in [0.3, 0.4) is 0 Å². The predicted molar refractivity (Wildman–Crippen MR) is 46.6 cm³/mol. The maximum Gasteiger partial charge on any atom is 0.230 e. The molecule has 1 atom stereocenters. The average Bonchev–Trinajstić information content (AvgIpc) is 2.37. The van der Waals surface area contributed by atoms with Crippen LogP contribution >= 0.6 is 7.37 Å². The molecule has 62 valence electrons. The second-order valence-corrected chi connectivity index (χ2v) is 4.85. The molecule has 0 amide bonds. The van der Waals surface area contributed by atoms with Crippen LogP contribution in [-0.4, -0.2) is 26.0 Å². The van der Waals surface area contributed by atoms with Crippen LogP contribution in [0.15, 0.2) is 16.4 Å². The Bertz CT molecular complexity index is 245. The first-order valence-electron chi connectivity index (χ1n) is 3.59. The van der Waals surface area contributed by atoms with Crippen LogP contribution < -0.4 is 0 Å². The Morgan fingerprint density at radius 2 is 2.55 bits per heavy atom. The number of nitrogens with zero attached hydrogens (tertiary/aromatic N) is 1. The van der Waals surface area contributed by atoms with Crippen molar-refractivity contribution in [3.8, 4) is 0 Å². The Labute approximate surface area is 66.6 Å². The molecule has 0 bridgehead atoms. The van der Waals surface area contributed by atoms with Crippen LogP contribution in [0, 0.1) is 0 Å². The first kappa shape index (κ1) is 8.69. The minimum Gasteiger partial charge on any atom is -0.326 e. The molecular formula is C7H12NO2P. The Morgan fingerprint density at radius 1 is 1.82 bits per heavy atom. The van der Waals surface area contributed by atoms with Gasteiger partial charge in [-0.15, -0.1) is 0 Å². The van der Waals surface area contributed by atoms with Crippen LogP contribution in [0.4, 0.5) is 0 Å². The van der Waals surface area contributed by atoms with Gasteiger partial charge in [0.15, 0.2) is 0 Å². The zero-order chi connectivity index (χ0) is 8.32. The van der Waals surface area contributed by atoms with Gasteiger partial charge in [0.1, 0.15) is 0 Å². The Balaban J connectivity index is 2.72. The third kappa shape index (κ3) is 2.01. The Kier molecular flexibility index (Phi) is 2.63. The summed E-state index contributed by atoms with van der Waals surface area (Å²) in [7, 11) is -2.53. The van der Waals surface area contributed by atoms with Crippen molar-refractivity contribution >= 4 is 13.6 Å². The Hall–Kier alpha value is -0.400. The van der Waals surface area contributed by atoms with E-state index in [-0.39, 0.29) is 0 Å². The molecule has 0 saturated heterocycles. The van der Waals surface area contributed by atoms with E-state index >= 15 is 0 Å². The smallest absolute Gasteiger partial charge is 0.230 e. The second kappa shape index (κ2) is 3.33. The summed E-state index contributed by atoms with van der Waals surface area (Å²) >= 11 is 0. The molecule has 4 heteroatoms. The molecule has 0 fully saturated rings. The predicted octanol–water partition coefficient (Wildman–Crippen LogP) is 1.90. The summed E-state index contributed by atoms with van der Waals surface area (Å²) in [6.07, 6.45) is 3.48. The van der Waals surface area contributed by atoms with E-state index in [0.29, 0.717) is 13.2 Å². The minimum absolute atomic E-state index is 0.485. The van der Waals surface area contributed by atoms with E-state index in [1.54, 1.807) is 12.9 Å². The third-order valence-electron chi connectivity index (χ3n) is 1.47. The summed E-state index contributed by atoms with van der Waals surface area (Å²) in [4.78, 5) is 3.94. The molecule has 1 heterocycles. The molecule has 0 aromatic heterocycles. The number of hydrogen-bond acceptors (Lipinski definition) is 3. The summed E-state index contributed by atoms with van der Waals surface area (Å²) in [6.45, 7) is 4.58. The molecule has 0 radical (unpaired) electrons. The van der Waals surface area contributed by atoms with Crippen molar-refractivity contribution in [2.75, 3.05) is 19.8 Å². The maximum atomic E-state index is 11.6. The molecule has 0 saturated carbocycles. The van der Waals surface area contributed by atoms with Gasteiger partial charge in [0.05, 0.1) is 18.5 Å². The van der Waals surface area contributed by atoms with E-state index in [0.717, 1.165) is 5.31 Å². The first-order valence-corrected chi connectivity index (χ1v) is 5.66. The van der Waals surface area contributed by atoms with Gasteiger partial charge in [0, 0.05) is 12.9 Å². The van der Waals surface area contributed by atoms with Gasteiger partial charge in [-0.1, -0.05) is 0 Å². The quantitative estimate of drug-likeness (QED) is 0.611. The fraction of sp³-hybridized carbons (Fsp3) is 0.571. The lowest BCUT2D eigenvalue weighted by Gasteiger charge is -2.10. The number of aliphatic imine (C=N–C) groups is 1. The van der Waals surface area contributed by atoms with Crippen LogP contribution in [-0.2, 0) is 9.09 Å². The highest BCUT2D eigenvalue weighted by Gasteiger charge is 2.21. The largest absolute Gasteiger partial charge is 0.326 e. The number of allylic oxidation sites excluding steroid dienone is 1. The first-order chi connectivity index (χ1) is 5.17. The van der Waals surface area contributed by atoms with Crippen molar-refractivity contribution in [2.24, 2.45) is 4.99 Å². The monoisotopic (exact) mass is 173 g/mol. The van der Waals surface area contributed by atoms with Crippen LogP contribution in [0.5, 0.6) is 0 Å². The van der Waals surface area contributed by atoms with Crippen LogP contribution in [0.1, 0.15) is 6.92 Å². The normalized spacial score (nSPS) is 21.5. The van der Waals surface area contributed by atoms with Crippen LogP contribution in [0.25, 0.3) is 0 Å². The molecule has 0 aromatic rings. The summed E-state index contributed by atoms with van der Waals surface area (Å²) in [5, 5.41) is 0.749. The van der Waals surface area contributed by atoms with Crippen molar-refractivity contribution in [3.63, 3.8) is 0 Å². The molecule has 1 unspecified atom stereocenters. The average molecular weight is 173 g/mol. The van der Waals surface area contributed by atoms with E-state index in [1.165, 1.54) is 0 Å². The lowest BCUT2D eigenvalue weighted by atomic mass is 10.6. The highest BCUT2D eigenvalue weighted by molar-refractivity contribution is 7.63. The van der Waals surface area contributed by atoms with Gasteiger partial charge in [0.25, 0.3) is 0 Å². The van der Waals surface area contributed by atoms with Crippen molar-refractivity contribution in [2.45, 2.75) is 6.92 Å². The number of hydrogen-bond donors (Lipinski definition) is 0. The summed E-state index contributed by atoms with van der Waals surface area (Å²) in [5.74, 6) is 0. The van der Waals surface area contributed by atoms with Gasteiger partial charge < -0.3 is 4.52 Å². The van der Waals surface area contributed by atoms with E-state index in [2.05, 4.69) is 4.99 Å². The highest BCUT2D eigenvalue weighted by atomic mass is 31.2. The van der Waals surface area contributed by atoms with Crippen LogP contribution in [0.2, 0.25) is 0 Å². The molecule has 0 N–H and O–H groups in total. The van der Waals surface area contributed by atoms with Crippen molar-refractivity contribution in [1.29, 1.82) is 0 Å². The summed E-state index contributed by atoms with van der Waals surface area (Å²) < 4.78 is 16.7. The van der Waals surface area contributed by atoms with Crippen molar-refractivity contribution in [3.05, 3.63) is 11.4 Å². The van der Waals surface area contributed by atoms with E-state index < -0.39 is 7.37 Å². The standard InChI is InChI=1S/C7H12NO2P/c1-3-10-11(2,9)7-4-5-8-6-7/h4,6H,3,5H2,1-2H3. The van der Waals surface area contributed by atoms with Crippen molar-refractivity contribution in [1.82, 2.24) is 0 Å². The topological polar surface area (TPSA) is 38.7 Å². The van der Waals surface area contributed by atoms with E-state index in [9.17, 15) is 4.57 Å². The van der Waals surface area contributed by atoms with Gasteiger partial charge in [0.2, 0.25) is 7.37 Å². The molecule has 3 nitrogen and oxygen atoms in total. The lowest BCUT2D eigenvalue weighted by molar-refractivity contribution is 0.343. The molecule has 0 aliphatic carbocycles. The van der Waals surface area contributed by atoms with Gasteiger partial charge in [-0.25, -0.2) is 0 Å².